The summed E-state index contributed by atoms with van der Waals surface area (Å²) in [6.45, 7) is 1.20. The van der Waals surface area contributed by atoms with Crippen LogP contribution in [-0.2, 0) is 19.7 Å². The van der Waals surface area contributed by atoms with Gasteiger partial charge in [0, 0.05) is 0 Å². The van der Waals surface area contributed by atoms with Crippen LogP contribution in [0, 0.1) is 0 Å². The van der Waals surface area contributed by atoms with Crippen molar-refractivity contribution in [3.05, 3.63) is 22.2 Å². The summed E-state index contributed by atoms with van der Waals surface area (Å²) in [5, 5.41) is 1.89. The third kappa shape index (κ3) is 4.17. The maximum Gasteiger partial charge on any atom is 0.296 e. The number of nitrogens with one attached hydrogen (secondary N) is 1. The molecule has 0 spiro atoms. The average Bonchev–Trinajstić information content (AvgIpc) is 2.22. The topological polar surface area (TPSA) is 101 Å². The van der Waals surface area contributed by atoms with Crippen molar-refractivity contribution in [3.8, 4) is 0 Å². The number of carbonyl (C=O) groups is 2. The molecule has 0 saturated carbocycles. The summed E-state index contributed by atoms with van der Waals surface area (Å²) in [7, 11) is -4.59. The van der Waals surface area contributed by atoms with Crippen molar-refractivity contribution >= 4 is 50.7 Å². The SMILES string of the molecule is CC(=O)CC(=O)Nc1c(S(=O)(=O)O)ccc(Cl)c1Cl. The molecule has 6 nitrogen and oxygen atoms in total. The molecule has 1 aromatic rings. The highest BCUT2D eigenvalue weighted by molar-refractivity contribution is 7.86. The van der Waals surface area contributed by atoms with Crippen molar-refractivity contribution in [1.29, 1.82) is 0 Å². The Morgan fingerprint density at radius 2 is 1.89 bits per heavy atom. The van der Waals surface area contributed by atoms with Gasteiger partial charge in [0.05, 0.1) is 22.2 Å². The molecule has 0 fully saturated rings. The summed E-state index contributed by atoms with van der Waals surface area (Å²) in [4.78, 5) is 21.6. The first kappa shape index (κ1) is 15.9. The molecule has 104 valence electrons. The molecule has 0 unspecified atom stereocenters. The Morgan fingerprint density at radius 1 is 1.32 bits per heavy atom. The molecule has 0 radical (unpaired) electrons. The van der Waals surface area contributed by atoms with E-state index in [1.54, 1.807) is 0 Å². The maximum absolute atomic E-state index is 11.5. The first-order valence-corrected chi connectivity index (χ1v) is 7.07. The maximum atomic E-state index is 11.5. The number of halogens is 2. The largest absolute Gasteiger partial charge is 0.323 e. The third-order valence-electron chi connectivity index (χ3n) is 2.01. The first-order valence-electron chi connectivity index (χ1n) is 4.87. The zero-order chi connectivity index (χ0) is 14.8. The summed E-state index contributed by atoms with van der Waals surface area (Å²) in [6, 6.07) is 2.15. The van der Waals surface area contributed by atoms with Crippen molar-refractivity contribution in [2.75, 3.05) is 5.32 Å². The second-order valence-corrected chi connectivity index (χ2v) is 5.81. The lowest BCUT2D eigenvalue weighted by atomic mass is 10.2. The van der Waals surface area contributed by atoms with Gasteiger partial charge < -0.3 is 5.32 Å². The lowest BCUT2D eigenvalue weighted by molar-refractivity contribution is -0.124. The number of hydrogen-bond acceptors (Lipinski definition) is 4. The smallest absolute Gasteiger partial charge is 0.296 e. The van der Waals surface area contributed by atoms with Crippen LogP contribution < -0.4 is 5.32 Å². The Labute approximate surface area is 119 Å². The summed E-state index contributed by atoms with van der Waals surface area (Å²) in [5.74, 6) is -1.18. The Balaban J connectivity index is 3.28. The van der Waals surface area contributed by atoms with Gasteiger partial charge in [-0.2, -0.15) is 8.42 Å². The van der Waals surface area contributed by atoms with Gasteiger partial charge in [-0.1, -0.05) is 23.2 Å². The van der Waals surface area contributed by atoms with E-state index in [-0.39, 0.29) is 15.7 Å². The van der Waals surface area contributed by atoms with Crippen LogP contribution in [0.2, 0.25) is 10.0 Å². The minimum Gasteiger partial charge on any atom is -0.323 e. The van der Waals surface area contributed by atoms with E-state index in [4.69, 9.17) is 27.8 Å². The number of anilines is 1. The van der Waals surface area contributed by atoms with Crippen LogP contribution >= 0.6 is 23.2 Å². The Hall–Kier alpha value is -1.15. The van der Waals surface area contributed by atoms with E-state index in [1.807, 2.05) is 0 Å². The molecule has 1 rings (SSSR count). The van der Waals surface area contributed by atoms with Gasteiger partial charge >= 0.3 is 0 Å². The van der Waals surface area contributed by atoms with E-state index in [9.17, 15) is 18.0 Å². The fourth-order valence-corrected chi connectivity index (χ4v) is 2.35. The summed E-state index contributed by atoms with van der Waals surface area (Å²) in [6.07, 6.45) is -0.451. The summed E-state index contributed by atoms with van der Waals surface area (Å²) >= 11 is 11.5. The van der Waals surface area contributed by atoms with Crippen LogP contribution in [0.15, 0.2) is 17.0 Å². The normalized spacial score (nSPS) is 11.2. The number of Topliss-reactive ketones (excluding diaryl/α,β-unsaturated/α-hetero) is 1. The van der Waals surface area contributed by atoms with Crippen LogP contribution in [0.5, 0.6) is 0 Å². The predicted molar refractivity (Wildman–Crippen MR) is 70.2 cm³/mol. The molecule has 0 aliphatic rings. The van der Waals surface area contributed by atoms with Crippen LogP contribution in [0.3, 0.4) is 0 Å². The van der Waals surface area contributed by atoms with E-state index in [1.165, 1.54) is 6.92 Å². The van der Waals surface area contributed by atoms with Gasteiger partial charge in [-0.05, 0) is 19.1 Å². The second kappa shape index (κ2) is 5.87. The summed E-state index contributed by atoms with van der Waals surface area (Å²) in [5.41, 5.74) is -0.358. The van der Waals surface area contributed by atoms with E-state index < -0.39 is 33.1 Å². The van der Waals surface area contributed by atoms with Crippen molar-refractivity contribution in [2.45, 2.75) is 18.2 Å². The first-order chi connectivity index (χ1) is 8.62. The molecule has 0 aromatic heterocycles. The minimum absolute atomic E-state index is 0.00723. The van der Waals surface area contributed by atoms with Crippen molar-refractivity contribution in [1.82, 2.24) is 0 Å². The third-order valence-corrected chi connectivity index (χ3v) is 3.71. The van der Waals surface area contributed by atoms with E-state index in [0.29, 0.717) is 0 Å². The fourth-order valence-electron chi connectivity index (χ4n) is 1.27. The van der Waals surface area contributed by atoms with Crippen LogP contribution in [0.4, 0.5) is 5.69 Å². The number of rotatable bonds is 4. The Morgan fingerprint density at radius 3 is 2.37 bits per heavy atom. The second-order valence-electron chi connectivity index (χ2n) is 3.64. The summed E-state index contributed by atoms with van der Waals surface area (Å²) < 4.78 is 31.3. The molecule has 0 aliphatic heterocycles. The molecule has 0 aliphatic carbocycles. The number of hydrogen-bond donors (Lipinski definition) is 2. The zero-order valence-electron chi connectivity index (χ0n) is 9.61. The lowest BCUT2D eigenvalue weighted by Crippen LogP contribution is -2.17. The van der Waals surface area contributed by atoms with Crippen LogP contribution in [0.25, 0.3) is 0 Å². The number of carbonyl (C=O) groups excluding carboxylic acids is 2. The molecule has 9 heteroatoms. The monoisotopic (exact) mass is 325 g/mol. The lowest BCUT2D eigenvalue weighted by Gasteiger charge is -2.11. The van der Waals surface area contributed by atoms with Crippen molar-refractivity contribution in [2.24, 2.45) is 0 Å². The highest BCUT2D eigenvalue weighted by atomic mass is 35.5. The molecular weight excluding hydrogens is 317 g/mol. The van der Waals surface area contributed by atoms with Gasteiger partial charge in [-0.15, -0.1) is 0 Å². The number of ketones is 1. The van der Waals surface area contributed by atoms with E-state index in [0.717, 1.165) is 12.1 Å². The van der Waals surface area contributed by atoms with Gasteiger partial charge in [0.15, 0.2) is 0 Å². The highest BCUT2D eigenvalue weighted by Gasteiger charge is 2.21. The molecule has 0 bridgehead atoms. The average molecular weight is 326 g/mol. The Kier molecular flexibility index (Phi) is 4.92. The molecule has 0 heterocycles. The Bertz CT molecular complexity index is 642. The van der Waals surface area contributed by atoms with Gasteiger partial charge in [0.2, 0.25) is 5.91 Å². The molecule has 19 heavy (non-hydrogen) atoms. The van der Waals surface area contributed by atoms with Crippen molar-refractivity contribution in [3.63, 3.8) is 0 Å². The highest BCUT2D eigenvalue weighted by Crippen LogP contribution is 2.35. The van der Waals surface area contributed by atoms with Crippen LogP contribution in [-0.4, -0.2) is 24.7 Å². The molecule has 0 saturated heterocycles. The molecule has 0 atom stereocenters. The van der Waals surface area contributed by atoms with Crippen molar-refractivity contribution < 1.29 is 22.6 Å². The molecule has 1 amide bonds. The number of benzene rings is 1. The number of amides is 1. The zero-order valence-corrected chi connectivity index (χ0v) is 11.9. The quantitative estimate of drug-likeness (QED) is 0.652. The van der Waals surface area contributed by atoms with Gasteiger partial charge in [0.1, 0.15) is 10.7 Å². The van der Waals surface area contributed by atoms with Gasteiger partial charge in [0.25, 0.3) is 10.1 Å². The molecule has 2 N–H and O–H groups in total. The predicted octanol–water partition coefficient (Wildman–Crippen LogP) is 2.16. The molecule has 1 aromatic carbocycles. The fraction of sp³-hybridized carbons (Fsp3) is 0.200. The molecular formula is C10H9Cl2NO5S. The standard InChI is InChI=1S/C10H9Cl2NO5S/c1-5(14)4-8(15)13-10-7(19(16,17)18)3-2-6(11)9(10)12/h2-3H,4H2,1H3,(H,13,15)(H,16,17,18). The minimum atomic E-state index is -4.59. The van der Waals surface area contributed by atoms with Gasteiger partial charge in [-0.3, -0.25) is 14.1 Å². The van der Waals surface area contributed by atoms with Crippen LogP contribution in [0.1, 0.15) is 13.3 Å². The van der Waals surface area contributed by atoms with E-state index >= 15 is 0 Å². The van der Waals surface area contributed by atoms with Gasteiger partial charge in [-0.25, -0.2) is 0 Å². The van der Waals surface area contributed by atoms with E-state index in [2.05, 4.69) is 5.32 Å².